The fourth-order valence-corrected chi connectivity index (χ4v) is 3.06. The van der Waals surface area contributed by atoms with Crippen LogP contribution in [-0.2, 0) is 0 Å². The Bertz CT molecular complexity index is 718. The van der Waals surface area contributed by atoms with E-state index in [0.29, 0.717) is 5.92 Å². The number of aromatic nitrogens is 1. The SMILES string of the molecule is CNCCC(c1ccccc1)c1c[nH]c2cc(Cl)ccc12. The van der Waals surface area contributed by atoms with Gasteiger partial charge in [0.15, 0.2) is 0 Å². The number of halogens is 1. The van der Waals surface area contributed by atoms with Crippen LogP contribution in [0.15, 0.2) is 54.7 Å². The van der Waals surface area contributed by atoms with Gasteiger partial charge in [0.05, 0.1) is 0 Å². The van der Waals surface area contributed by atoms with Gasteiger partial charge < -0.3 is 10.3 Å². The van der Waals surface area contributed by atoms with Crippen molar-refractivity contribution in [2.24, 2.45) is 0 Å². The minimum absolute atomic E-state index is 0.383. The van der Waals surface area contributed by atoms with E-state index in [1.165, 1.54) is 16.5 Å². The lowest BCUT2D eigenvalue weighted by molar-refractivity contribution is 0.664. The highest BCUT2D eigenvalue weighted by molar-refractivity contribution is 6.31. The van der Waals surface area contributed by atoms with Crippen molar-refractivity contribution >= 4 is 22.5 Å². The minimum atomic E-state index is 0.383. The number of hydrogen-bond acceptors (Lipinski definition) is 1. The maximum atomic E-state index is 6.08. The number of aromatic amines is 1. The van der Waals surface area contributed by atoms with Crippen LogP contribution in [0.1, 0.15) is 23.5 Å². The van der Waals surface area contributed by atoms with E-state index in [1.54, 1.807) is 0 Å². The van der Waals surface area contributed by atoms with Gasteiger partial charge in [0, 0.05) is 28.0 Å². The molecule has 0 bridgehead atoms. The fraction of sp³-hybridized carbons (Fsp3) is 0.222. The van der Waals surface area contributed by atoms with Gasteiger partial charge in [-0.1, -0.05) is 48.0 Å². The Morgan fingerprint density at radius 2 is 1.95 bits per heavy atom. The summed E-state index contributed by atoms with van der Waals surface area (Å²) in [7, 11) is 2.00. The van der Waals surface area contributed by atoms with E-state index in [0.717, 1.165) is 23.5 Å². The Morgan fingerprint density at radius 3 is 2.71 bits per heavy atom. The van der Waals surface area contributed by atoms with Crippen LogP contribution in [-0.4, -0.2) is 18.6 Å². The molecule has 3 heteroatoms. The van der Waals surface area contributed by atoms with Gasteiger partial charge in [-0.2, -0.15) is 0 Å². The zero-order chi connectivity index (χ0) is 14.7. The van der Waals surface area contributed by atoms with Crippen LogP contribution < -0.4 is 5.32 Å². The smallest absolute Gasteiger partial charge is 0.0471 e. The first-order valence-corrected chi connectivity index (χ1v) is 7.63. The molecule has 2 nitrogen and oxygen atoms in total. The lowest BCUT2D eigenvalue weighted by Crippen LogP contribution is -2.13. The van der Waals surface area contributed by atoms with E-state index in [4.69, 9.17) is 11.6 Å². The van der Waals surface area contributed by atoms with Crippen molar-refractivity contribution in [1.29, 1.82) is 0 Å². The first kappa shape index (κ1) is 14.2. The van der Waals surface area contributed by atoms with E-state index < -0.39 is 0 Å². The minimum Gasteiger partial charge on any atom is -0.361 e. The molecule has 0 saturated carbocycles. The third-order valence-corrected chi connectivity index (χ3v) is 4.17. The second-order valence-electron chi connectivity index (χ2n) is 5.29. The summed E-state index contributed by atoms with van der Waals surface area (Å²) in [5.41, 5.74) is 3.79. The maximum absolute atomic E-state index is 6.08. The van der Waals surface area contributed by atoms with Crippen LogP contribution in [0.2, 0.25) is 5.02 Å². The standard InChI is InChI=1S/C18H19ClN2/c1-20-10-9-15(13-5-3-2-4-6-13)17-12-21-18-11-14(19)7-8-16(17)18/h2-8,11-12,15,20-21H,9-10H2,1H3. The Kier molecular flexibility index (Phi) is 4.28. The molecule has 1 aromatic heterocycles. The summed E-state index contributed by atoms with van der Waals surface area (Å²) in [6.45, 7) is 0.986. The van der Waals surface area contributed by atoms with E-state index in [-0.39, 0.29) is 0 Å². The molecule has 0 fully saturated rings. The van der Waals surface area contributed by atoms with Crippen LogP contribution in [0.25, 0.3) is 10.9 Å². The molecule has 108 valence electrons. The highest BCUT2D eigenvalue weighted by Gasteiger charge is 2.17. The Balaban J connectivity index is 2.06. The zero-order valence-electron chi connectivity index (χ0n) is 12.1. The largest absolute Gasteiger partial charge is 0.361 e. The summed E-state index contributed by atoms with van der Waals surface area (Å²) in [6.07, 6.45) is 3.18. The third-order valence-electron chi connectivity index (χ3n) is 3.94. The number of H-pyrrole nitrogens is 1. The van der Waals surface area contributed by atoms with E-state index >= 15 is 0 Å². The van der Waals surface area contributed by atoms with E-state index in [2.05, 4.69) is 52.9 Å². The molecule has 0 aliphatic rings. The van der Waals surface area contributed by atoms with Crippen molar-refractivity contribution < 1.29 is 0 Å². The van der Waals surface area contributed by atoms with Crippen molar-refractivity contribution in [3.8, 4) is 0 Å². The number of hydrogen-bond donors (Lipinski definition) is 2. The summed E-state index contributed by atoms with van der Waals surface area (Å²) in [4.78, 5) is 3.35. The molecule has 1 atom stereocenters. The van der Waals surface area contributed by atoms with Gasteiger partial charge >= 0.3 is 0 Å². The normalized spacial score (nSPS) is 12.7. The number of rotatable bonds is 5. The number of nitrogens with one attached hydrogen (secondary N) is 2. The van der Waals surface area contributed by atoms with E-state index in [9.17, 15) is 0 Å². The van der Waals surface area contributed by atoms with Crippen molar-refractivity contribution in [2.45, 2.75) is 12.3 Å². The van der Waals surface area contributed by atoms with Crippen LogP contribution in [0.3, 0.4) is 0 Å². The molecule has 0 aliphatic heterocycles. The average molecular weight is 299 g/mol. The summed E-state index contributed by atoms with van der Waals surface area (Å²) < 4.78 is 0. The number of fused-ring (bicyclic) bond motifs is 1. The second kappa shape index (κ2) is 6.33. The van der Waals surface area contributed by atoms with Crippen LogP contribution in [0.5, 0.6) is 0 Å². The maximum Gasteiger partial charge on any atom is 0.0471 e. The van der Waals surface area contributed by atoms with Crippen molar-refractivity contribution in [1.82, 2.24) is 10.3 Å². The average Bonchev–Trinajstić information content (AvgIpc) is 2.92. The molecule has 0 spiro atoms. The first-order valence-electron chi connectivity index (χ1n) is 7.25. The molecule has 3 aromatic rings. The Morgan fingerprint density at radius 1 is 1.14 bits per heavy atom. The molecule has 1 heterocycles. The summed E-state index contributed by atoms with van der Waals surface area (Å²) in [5.74, 6) is 0.383. The first-order chi connectivity index (χ1) is 10.3. The predicted molar refractivity (Wildman–Crippen MR) is 90.1 cm³/mol. The summed E-state index contributed by atoms with van der Waals surface area (Å²) in [6, 6.07) is 16.7. The lowest BCUT2D eigenvalue weighted by atomic mass is 9.88. The topological polar surface area (TPSA) is 27.8 Å². The highest BCUT2D eigenvalue weighted by Crippen LogP contribution is 2.33. The molecule has 0 amide bonds. The number of benzene rings is 2. The molecular weight excluding hydrogens is 280 g/mol. The monoisotopic (exact) mass is 298 g/mol. The van der Waals surface area contributed by atoms with Gasteiger partial charge in [-0.05, 0) is 43.3 Å². The molecule has 0 radical (unpaired) electrons. The van der Waals surface area contributed by atoms with Crippen LogP contribution in [0, 0.1) is 0 Å². The van der Waals surface area contributed by atoms with Crippen molar-refractivity contribution in [3.63, 3.8) is 0 Å². The highest BCUT2D eigenvalue weighted by atomic mass is 35.5. The van der Waals surface area contributed by atoms with Gasteiger partial charge in [-0.3, -0.25) is 0 Å². The van der Waals surface area contributed by atoms with Gasteiger partial charge in [0.2, 0.25) is 0 Å². The van der Waals surface area contributed by atoms with Gasteiger partial charge in [-0.15, -0.1) is 0 Å². The van der Waals surface area contributed by atoms with Crippen LogP contribution in [0.4, 0.5) is 0 Å². The predicted octanol–water partition coefficient (Wildman–Crippen LogP) is 4.56. The molecule has 2 N–H and O–H groups in total. The molecule has 3 rings (SSSR count). The molecular formula is C18H19ClN2. The molecule has 21 heavy (non-hydrogen) atoms. The fourth-order valence-electron chi connectivity index (χ4n) is 2.88. The molecule has 0 aliphatic carbocycles. The Hall–Kier alpha value is -1.77. The second-order valence-corrected chi connectivity index (χ2v) is 5.73. The third kappa shape index (κ3) is 2.97. The lowest BCUT2D eigenvalue weighted by Gasteiger charge is -2.17. The molecule has 2 aromatic carbocycles. The van der Waals surface area contributed by atoms with Crippen LogP contribution >= 0.6 is 11.6 Å². The van der Waals surface area contributed by atoms with Crippen molar-refractivity contribution in [3.05, 3.63) is 70.9 Å². The Labute approximate surface area is 130 Å². The zero-order valence-corrected chi connectivity index (χ0v) is 12.8. The molecule has 0 saturated heterocycles. The van der Waals surface area contributed by atoms with Gasteiger partial charge in [0.25, 0.3) is 0 Å². The van der Waals surface area contributed by atoms with Gasteiger partial charge in [0.1, 0.15) is 0 Å². The summed E-state index contributed by atoms with van der Waals surface area (Å²) in [5, 5.41) is 5.28. The van der Waals surface area contributed by atoms with Crippen molar-refractivity contribution in [2.75, 3.05) is 13.6 Å². The summed E-state index contributed by atoms with van der Waals surface area (Å²) >= 11 is 6.08. The van der Waals surface area contributed by atoms with Gasteiger partial charge in [-0.25, -0.2) is 0 Å². The molecule has 1 unspecified atom stereocenters. The van der Waals surface area contributed by atoms with E-state index in [1.807, 2.05) is 19.2 Å². The quantitative estimate of drug-likeness (QED) is 0.710.